The van der Waals surface area contributed by atoms with Crippen LogP contribution in [0.3, 0.4) is 0 Å². The largest absolute Gasteiger partial charge is 0.338 e. The molecule has 2 atom stereocenters. The molecule has 2 aliphatic heterocycles. The van der Waals surface area contributed by atoms with Crippen molar-refractivity contribution in [1.82, 2.24) is 15.1 Å². The topological polar surface area (TPSA) is 78.7 Å². The van der Waals surface area contributed by atoms with E-state index in [1.807, 2.05) is 40.1 Å². The molecule has 2 unspecified atom stereocenters. The van der Waals surface area contributed by atoms with E-state index < -0.39 is 0 Å². The van der Waals surface area contributed by atoms with Gasteiger partial charge in [-0.1, -0.05) is 30.3 Å². The van der Waals surface area contributed by atoms with Crippen molar-refractivity contribution in [2.45, 2.75) is 12.0 Å². The van der Waals surface area contributed by atoms with E-state index in [-0.39, 0.29) is 36.3 Å². The van der Waals surface area contributed by atoms with Crippen LogP contribution in [0.2, 0.25) is 0 Å². The van der Waals surface area contributed by atoms with Crippen molar-refractivity contribution in [3.8, 4) is 0 Å². The minimum Gasteiger partial charge on any atom is -0.338 e. The standard InChI is InChI=1S/C15H20N4O2.ClH/c16-8-13(11-4-2-1-3-5-11)14(20)18-6-7-19-12(10-18)9-17-15(19)21;/h1-5,12-13H,6-10,16H2,(H,17,21);1H. The Morgan fingerprint density at radius 3 is 2.73 bits per heavy atom. The highest BCUT2D eigenvalue weighted by molar-refractivity contribution is 5.85. The van der Waals surface area contributed by atoms with Gasteiger partial charge >= 0.3 is 6.03 Å². The highest BCUT2D eigenvalue weighted by Crippen LogP contribution is 2.21. The summed E-state index contributed by atoms with van der Waals surface area (Å²) < 4.78 is 0. The van der Waals surface area contributed by atoms with E-state index in [1.165, 1.54) is 0 Å². The molecule has 0 spiro atoms. The van der Waals surface area contributed by atoms with Crippen LogP contribution in [0.5, 0.6) is 0 Å². The maximum atomic E-state index is 12.7. The van der Waals surface area contributed by atoms with Gasteiger partial charge in [-0.2, -0.15) is 0 Å². The van der Waals surface area contributed by atoms with E-state index in [1.54, 1.807) is 0 Å². The Labute approximate surface area is 136 Å². The molecule has 3 rings (SSSR count). The van der Waals surface area contributed by atoms with Crippen molar-refractivity contribution in [1.29, 1.82) is 0 Å². The Balaban J connectivity index is 0.00000176. The van der Waals surface area contributed by atoms with Gasteiger partial charge in [-0.25, -0.2) is 4.79 Å². The number of urea groups is 1. The number of halogens is 1. The van der Waals surface area contributed by atoms with Crippen molar-refractivity contribution in [2.24, 2.45) is 5.73 Å². The number of carbonyl (C=O) groups is 2. The molecule has 7 heteroatoms. The molecule has 2 heterocycles. The first-order valence-electron chi connectivity index (χ1n) is 7.29. The van der Waals surface area contributed by atoms with Gasteiger partial charge in [0.2, 0.25) is 5.91 Å². The van der Waals surface area contributed by atoms with E-state index in [0.717, 1.165) is 5.56 Å². The first-order valence-corrected chi connectivity index (χ1v) is 7.29. The lowest BCUT2D eigenvalue weighted by atomic mass is 9.97. The van der Waals surface area contributed by atoms with Crippen LogP contribution < -0.4 is 11.1 Å². The lowest BCUT2D eigenvalue weighted by Crippen LogP contribution is -2.55. The molecule has 0 saturated carbocycles. The van der Waals surface area contributed by atoms with Gasteiger partial charge in [0, 0.05) is 32.7 Å². The van der Waals surface area contributed by atoms with Gasteiger partial charge in [0.25, 0.3) is 0 Å². The zero-order valence-corrected chi connectivity index (χ0v) is 13.1. The number of nitrogens with two attached hydrogens (primary N) is 1. The van der Waals surface area contributed by atoms with Gasteiger partial charge in [-0.05, 0) is 5.56 Å². The van der Waals surface area contributed by atoms with E-state index in [0.29, 0.717) is 32.7 Å². The van der Waals surface area contributed by atoms with Gasteiger partial charge in [0.1, 0.15) is 0 Å². The quantitative estimate of drug-likeness (QED) is 0.844. The number of nitrogens with one attached hydrogen (secondary N) is 1. The van der Waals surface area contributed by atoms with Gasteiger partial charge in [-0.15, -0.1) is 12.4 Å². The summed E-state index contributed by atoms with van der Waals surface area (Å²) in [6.45, 7) is 2.66. The Morgan fingerprint density at radius 2 is 2.05 bits per heavy atom. The molecule has 1 aromatic rings. The summed E-state index contributed by atoms with van der Waals surface area (Å²) in [5.41, 5.74) is 6.77. The van der Waals surface area contributed by atoms with Crippen LogP contribution in [0.1, 0.15) is 11.5 Å². The summed E-state index contributed by atoms with van der Waals surface area (Å²) in [4.78, 5) is 28.0. The van der Waals surface area contributed by atoms with Crippen molar-refractivity contribution < 1.29 is 9.59 Å². The average molecular weight is 325 g/mol. The second-order valence-electron chi connectivity index (χ2n) is 5.52. The second kappa shape index (κ2) is 6.98. The van der Waals surface area contributed by atoms with E-state index in [4.69, 9.17) is 5.73 Å². The van der Waals surface area contributed by atoms with Crippen LogP contribution in [0, 0.1) is 0 Å². The summed E-state index contributed by atoms with van der Waals surface area (Å²) in [6.07, 6.45) is 0. The van der Waals surface area contributed by atoms with E-state index >= 15 is 0 Å². The number of benzene rings is 1. The molecule has 22 heavy (non-hydrogen) atoms. The van der Waals surface area contributed by atoms with Gasteiger partial charge in [0.15, 0.2) is 0 Å². The third-order valence-electron chi connectivity index (χ3n) is 4.28. The van der Waals surface area contributed by atoms with E-state index in [9.17, 15) is 9.59 Å². The number of carbonyl (C=O) groups excluding carboxylic acids is 2. The Hall–Kier alpha value is -1.79. The normalized spacial score (nSPS) is 21.7. The molecule has 2 saturated heterocycles. The number of hydrogen-bond donors (Lipinski definition) is 2. The molecule has 0 aliphatic carbocycles. The Bertz CT molecular complexity index is 540. The van der Waals surface area contributed by atoms with Crippen molar-refractivity contribution in [3.63, 3.8) is 0 Å². The summed E-state index contributed by atoms with van der Waals surface area (Å²) in [5, 5.41) is 2.82. The number of piperazine rings is 1. The van der Waals surface area contributed by atoms with Crippen molar-refractivity contribution in [3.05, 3.63) is 35.9 Å². The van der Waals surface area contributed by atoms with Crippen LogP contribution in [-0.4, -0.2) is 60.5 Å². The SMILES string of the molecule is Cl.NCC(C(=O)N1CCN2C(=O)NCC2C1)c1ccccc1. The number of hydrogen-bond acceptors (Lipinski definition) is 3. The fourth-order valence-corrected chi connectivity index (χ4v) is 3.09. The first kappa shape index (κ1) is 16.6. The molecular formula is C15H21ClN4O2. The first-order chi connectivity index (χ1) is 10.2. The smallest absolute Gasteiger partial charge is 0.317 e. The molecule has 6 nitrogen and oxygen atoms in total. The second-order valence-corrected chi connectivity index (χ2v) is 5.52. The molecule has 2 aliphatic rings. The third kappa shape index (κ3) is 3.03. The summed E-state index contributed by atoms with van der Waals surface area (Å²) >= 11 is 0. The molecule has 0 radical (unpaired) electrons. The number of rotatable bonds is 3. The fraction of sp³-hybridized carbons (Fsp3) is 0.467. The molecule has 2 fully saturated rings. The maximum absolute atomic E-state index is 12.7. The predicted molar refractivity (Wildman–Crippen MR) is 86.0 cm³/mol. The highest BCUT2D eigenvalue weighted by atomic mass is 35.5. The molecule has 120 valence electrons. The Kier molecular flexibility index (Phi) is 5.26. The summed E-state index contributed by atoms with van der Waals surface area (Å²) in [5.74, 6) is -0.245. The maximum Gasteiger partial charge on any atom is 0.317 e. The van der Waals surface area contributed by atoms with Gasteiger partial charge in [-0.3, -0.25) is 4.79 Å². The fourth-order valence-electron chi connectivity index (χ4n) is 3.09. The van der Waals surface area contributed by atoms with Gasteiger partial charge in [0.05, 0.1) is 12.0 Å². The zero-order valence-electron chi connectivity index (χ0n) is 12.3. The minimum atomic E-state index is -0.303. The Morgan fingerprint density at radius 1 is 1.32 bits per heavy atom. The summed E-state index contributed by atoms with van der Waals surface area (Å²) in [6, 6.07) is 9.70. The lowest BCUT2D eigenvalue weighted by molar-refractivity contribution is -0.134. The van der Waals surface area contributed by atoms with Crippen molar-refractivity contribution >= 4 is 24.3 Å². The molecule has 3 amide bonds. The number of nitrogens with zero attached hydrogens (tertiary/aromatic N) is 2. The highest BCUT2D eigenvalue weighted by Gasteiger charge is 2.38. The van der Waals surface area contributed by atoms with E-state index in [2.05, 4.69) is 5.32 Å². The van der Waals surface area contributed by atoms with Crippen LogP contribution >= 0.6 is 12.4 Å². The zero-order chi connectivity index (χ0) is 14.8. The molecule has 1 aromatic carbocycles. The molecule has 3 N–H and O–H groups in total. The number of fused-ring (bicyclic) bond motifs is 1. The molecule has 0 bridgehead atoms. The lowest BCUT2D eigenvalue weighted by Gasteiger charge is -2.38. The monoisotopic (exact) mass is 324 g/mol. The van der Waals surface area contributed by atoms with Crippen LogP contribution in [-0.2, 0) is 4.79 Å². The number of amides is 3. The van der Waals surface area contributed by atoms with Crippen LogP contribution in [0.25, 0.3) is 0 Å². The van der Waals surface area contributed by atoms with Crippen molar-refractivity contribution in [2.75, 3.05) is 32.7 Å². The average Bonchev–Trinajstić information content (AvgIpc) is 2.90. The third-order valence-corrected chi connectivity index (χ3v) is 4.28. The summed E-state index contributed by atoms with van der Waals surface area (Å²) in [7, 11) is 0. The minimum absolute atomic E-state index is 0. The predicted octanol–water partition coefficient (Wildman–Crippen LogP) is 0.387. The molecule has 0 aromatic heterocycles. The van der Waals surface area contributed by atoms with Crippen LogP contribution in [0.15, 0.2) is 30.3 Å². The van der Waals surface area contributed by atoms with Crippen LogP contribution in [0.4, 0.5) is 4.79 Å². The van der Waals surface area contributed by atoms with Gasteiger partial charge < -0.3 is 20.9 Å². The molecular weight excluding hydrogens is 304 g/mol.